The molecule has 0 aromatic carbocycles. The maximum atomic E-state index is 9.65. The summed E-state index contributed by atoms with van der Waals surface area (Å²) in [6, 6.07) is 3.95. The van der Waals surface area contributed by atoms with Gasteiger partial charge in [0.1, 0.15) is 10.6 Å². The zero-order valence-corrected chi connectivity index (χ0v) is 15.5. The van der Waals surface area contributed by atoms with Gasteiger partial charge in [-0.05, 0) is 55.7 Å². The van der Waals surface area contributed by atoms with Crippen LogP contribution in [0.2, 0.25) is 0 Å². The van der Waals surface area contributed by atoms with Gasteiger partial charge in [0, 0.05) is 42.5 Å². The number of rotatable bonds is 3. The molecule has 5 nitrogen and oxygen atoms in total. The molecule has 1 aliphatic heterocycles. The van der Waals surface area contributed by atoms with Crippen LogP contribution in [0.1, 0.15) is 29.7 Å². The molecule has 1 N–H and O–H groups in total. The molecule has 1 fully saturated rings. The standard InChI is InChI=1S/C20H22N4OS/c25-12-13-4-3-9-24(11-13)19-17-15-6-1-7-16(15)26-20(17)23-18(22-19)14-5-2-8-21-10-14/h2,5,8,10,13,25H,1,3-4,6-7,9,11-12H2/t13-/m1/s1. The van der Waals surface area contributed by atoms with Crippen molar-refractivity contribution in [3.8, 4) is 11.4 Å². The lowest BCUT2D eigenvalue weighted by Gasteiger charge is -2.33. The van der Waals surface area contributed by atoms with Crippen LogP contribution in [0.15, 0.2) is 24.5 Å². The molecule has 3 aromatic rings. The molecule has 6 heteroatoms. The number of piperidine rings is 1. The summed E-state index contributed by atoms with van der Waals surface area (Å²) in [6.07, 6.45) is 9.34. The molecular weight excluding hydrogens is 344 g/mol. The monoisotopic (exact) mass is 366 g/mol. The number of anilines is 1. The second-order valence-corrected chi connectivity index (χ2v) is 8.37. The fourth-order valence-electron chi connectivity index (χ4n) is 4.24. The molecule has 0 spiro atoms. The highest BCUT2D eigenvalue weighted by molar-refractivity contribution is 7.19. The smallest absolute Gasteiger partial charge is 0.164 e. The third kappa shape index (κ3) is 2.68. The van der Waals surface area contributed by atoms with Crippen molar-refractivity contribution in [2.75, 3.05) is 24.6 Å². The number of aromatic nitrogens is 3. The van der Waals surface area contributed by atoms with Gasteiger partial charge in [-0.25, -0.2) is 9.97 Å². The summed E-state index contributed by atoms with van der Waals surface area (Å²) in [5.41, 5.74) is 2.42. The van der Waals surface area contributed by atoms with Crippen LogP contribution in [-0.4, -0.2) is 39.8 Å². The molecule has 134 valence electrons. The van der Waals surface area contributed by atoms with Crippen molar-refractivity contribution in [2.24, 2.45) is 5.92 Å². The molecule has 1 atom stereocenters. The lowest BCUT2D eigenvalue weighted by Crippen LogP contribution is -2.37. The first-order valence-electron chi connectivity index (χ1n) is 9.42. The van der Waals surface area contributed by atoms with Crippen LogP contribution in [0.5, 0.6) is 0 Å². The molecule has 5 rings (SSSR count). The number of nitrogens with zero attached hydrogens (tertiary/aromatic N) is 4. The Morgan fingerprint density at radius 3 is 3.04 bits per heavy atom. The number of hydrogen-bond acceptors (Lipinski definition) is 6. The predicted octanol–water partition coefficient (Wildman–Crippen LogP) is 3.45. The minimum Gasteiger partial charge on any atom is -0.396 e. The first-order chi connectivity index (χ1) is 12.8. The van der Waals surface area contributed by atoms with E-state index >= 15 is 0 Å². The zero-order chi connectivity index (χ0) is 17.5. The van der Waals surface area contributed by atoms with Gasteiger partial charge in [-0.15, -0.1) is 11.3 Å². The van der Waals surface area contributed by atoms with Crippen molar-refractivity contribution in [3.05, 3.63) is 35.0 Å². The summed E-state index contributed by atoms with van der Waals surface area (Å²) in [4.78, 5) is 19.1. The van der Waals surface area contributed by atoms with E-state index in [1.807, 2.05) is 29.7 Å². The van der Waals surface area contributed by atoms with Crippen molar-refractivity contribution < 1.29 is 5.11 Å². The second-order valence-electron chi connectivity index (χ2n) is 7.29. The van der Waals surface area contributed by atoms with Gasteiger partial charge >= 0.3 is 0 Å². The van der Waals surface area contributed by atoms with E-state index in [2.05, 4.69) is 9.88 Å². The molecule has 0 amide bonds. The lowest BCUT2D eigenvalue weighted by molar-refractivity contribution is 0.208. The largest absolute Gasteiger partial charge is 0.396 e. The summed E-state index contributed by atoms with van der Waals surface area (Å²) >= 11 is 1.83. The van der Waals surface area contributed by atoms with E-state index in [-0.39, 0.29) is 6.61 Å². The summed E-state index contributed by atoms with van der Waals surface area (Å²) in [5, 5.41) is 10.9. The number of aliphatic hydroxyl groups excluding tert-OH is 1. The van der Waals surface area contributed by atoms with Crippen LogP contribution in [0.3, 0.4) is 0 Å². The Labute approximate surface area is 156 Å². The van der Waals surface area contributed by atoms with E-state index in [1.165, 1.54) is 22.2 Å². The topological polar surface area (TPSA) is 62.1 Å². The molecule has 3 aromatic heterocycles. The van der Waals surface area contributed by atoms with Gasteiger partial charge in [0.15, 0.2) is 5.82 Å². The number of aryl methyl sites for hydroxylation is 2. The maximum absolute atomic E-state index is 9.65. The predicted molar refractivity (Wildman–Crippen MR) is 105 cm³/mol. The van der Waals surface area contributed by atoms with Gasteiger partial charge in [0.05, 0.1) is 5.39 Å². The number of thiophene rings is 1. The molecule has 0 radical (unpaired) electrons. The first kappa shape index (κ1) is 16.1. The van der Waals surface area contributed by atoms with Crippen LogP contribution in [0.4, 0.5) is 5.82 Å². The first-order valence-corrected chi connectivity index (χ1v) is 10.2. The molecule has 0 saturated carbocycles. The number of fused-ring (bicyclic) bond motifs is 3. The van der Waals surface area contributed by atoms with Crippen LogP contribution >= 0.6 is 11.3 Å². The van der Waals surface area contributed by atoms with E-state index in [1.54, 1.807) is 6.20 Å². The van der Waals surface area contributed by atoms with Crippen LogP contribution < -0.4 is 4.90 Å². The van der Waals surface area contributed by atoms with E-state index in [4.69, 9.17) is 9.97 Å². The highest BCUT2D eigenvalue weighted by Gasteiger charge is 2.27. The Balaban J connectivity index is 1.68. The van der Waals surface area contributed by atoms with E-state index in [0.29, 0.717) is 5.92 Å². The minimum atomic E-state index is 0.252. The Hall–Kier alpha value is -2.05. The van der Waals surface area contributed by atoms with Crippen molar-refractivity contribution in [2.45, 2.75) is 32.1 Å². The molecule has 2 aliphatic rings. The van der Waals surface area contributed by atoms with Crippen LogP contribution in [-0.2, 0) is 12.8 Å². The fraction of sp³-hybridized carbons (Fsp3) is 0.450. The van der Waals surface area contributed by atoms with Gasteiger partial charge in [0.2, 0.25) is 0 Å². The summed E-state index contributed by atoms with van der Waals surface area (Å²) in [5.74, 6) is 2.15. The summed E-state index contributed by atoms with van der Waals surface area (Å²) in [7, 11) is 0. The molecule has 0 unspecified atom stereocenters. The average molecular weight is 366 g/mol. The fourth-order valence-corrected chi connectivity index (χ4v) is 5.49. The summed E-state index contributed by atoms with van der Waals surface area (Å²) in [6.45, 7) is 2.13. The highest BCUT2D eigenvalue weighted by Crippen LogP contribution is 2.42. The SMILES string of the molecule is OC[C@@H]1CCCN(c2nc(-c3cccnc3)nc3sc4c(c23)CCC4)C1. The number of pyridine rings is 1. The normalized spacial score (nSPS) is 19.9. The van der Waals surface area contributed by atoms with E-state index in [9.17, 15) is 5.11 Å². The van der Waals surface area contributed by atoms with Crippen molar-refractivity contribution in [1.82, 2.24) is 15.0 Å². The molecule has 1 saturated heterocycles. The summed E-state index contributed by atoms with van der Waals surface area (Å²) < 4.78 is 0. The van der Waals surface area contributed by atoms with Gasteiger partial charge < -0.3 is 10.0 Å². The Kier molecular flexibility index (Phi) is 4.10. The van der Waals surface area contributed by atoms with Gasteiger partial charge in [0.25, 0.3) is 0 Å². The molecule has 1 aliphatic carbocycles. The average Bonchev–Trinajstić information content (AvgIpc) is 3.29. The molecule has 0 bridgehead atoms. The molecule has 26 heavy (non-hydrogen) atoms. The Bertz CT molecular complexity index is 940. The lowest BCUT2D eigenvalue weighted by atomic mass is 9.98. The second kappa shape index (κ2) is 6.59. The Morgan fingerprint density at radius 2 is 2.19 bits per heavy atom. The quantitative estimate of drug-likeness (QED) is 0.769. The highest BCUT2D eigenvalue weighted by atomic mass is 32.1. The zero-order valence-electron chi connectivity index (χ0n) is 14.7. The Morgan fingerprint density at radius 1 is 1.23 bits per heavy atom. The van der Waals surface area contributed by atoms with Crippen molar-refractivity contribution >= 4 is 27.4 Å². The van der Waals surface area contributed by atoms with Gasteiger partial charge in [-0.2, -0.15) is 0 Å². The third-order valence-corrected chi connectivity index (χ3v) is 6.73. The van der Waals surface area contributed by atoms with E-state index < -0.39 is 0 Å². The molecule has 4 heterocycles. The number of hydrogen-bond donors (Lipinski definition) is 1. The van der Waals surface area contributed by atoms with Crippen LogP contribution in [0, 0.1) is 5.92 Å². The van der Waals surface area contributed by atoms with Gasteiger partial charge in [-0.1, -0.05) is 0 Å². The van der Waals surface area contributed by atoms with E-state index in [0.717, 1.165) is 60.8 Å². The minimum absolute atomic E-state index is 0.252. The van der Waals surface area contributed by atoms with Crippen molar-refractivity contribution in [3.63, 3.8) is 0 Å². The van der Waals surface area contributed by atoms with Crippen LogP contribution in [0.25, 0.3) is 21.6 Å². The third-order valence-electron chi connectivity index (χ3n) is 5.54. The number of aliphatic hydroxyl groups is 1. The maximum Gasteiger partial charge on any atom is 0.164 e. The van der Waals surface area contributed by atoms with Gasteiger partial charge in [-0.3, -0.25) is 4.98 Å². The molecular formula is C20H22N4OS. The van der Waals surface area contributed by atoms with Crippen molar-refractivity contribution in [1.29, 1.82) is 0 Å².